The van der Waals surface area contributed by atoms with Crippen LogP contribution in [-0.4, -0.2) is 30.4 Å². The molecule has 0 spiro atoms. The molecule has 1 fully saturated rings. The largest absolute Gasteiger partial charge is 0.419 e. The van der Waals surface area contributed by atoms with Crippen molar-refractivity contribution in [3.05, 3.63) is 28.7 Å². The minimum absolute atomic E-state index is 0.355. The number of aryl methyl sites for hydroxylation is 1. The number of aromatic nitrogens is 1. The summed E-state index contributed by atoms with van der Waals surface area (Å²) < 4.78 is 33.5. The summed E-state index contributed by atoms with van der Waals surface area (Å²) in [6, 6.07) is 4.73. The Morgan fingerprint density at radius 2 is 2.06 bits per heavy atom. The van der Waals surface area contributed by atoms with Crippen molar-refractivity contribution >= 4 is 27.0 Å². The Kier molecular flexibility index (Phi) is 2.26. The first kappa shape index (κ1) is 11.3. The van der Waals surface area contributed by atoms with Gasteiger partial charge in [-0.05, 0) is 12.1 Å². The lowest BCUT2D eigenvalue weighted by Gasteiger charge is -2.07. The predicted octanol–water partition coefficient (Wildman–Crippen LogP) is 0.104. The minimum Gasteiger partial charge on any atom is -0.408 e. The molecule has 1 aromatic carbocycles. The van der Waals surface area contributed by atoms with E-state index in [1.54, 1.807) is 19.2 Å². The van der Waals surface area contributed by atoms with Gasteiger partial charge in [-0.3, -0.25) is 9.29 Å². The molecule has 96 valence electrons. The van der Waals surface area contributed by atoms with Crippen LogP contribution >= 0.6 is 0 Å². The van der Waals surface area contributed by atoms with Crippen molar-refractivity contribution in [1.82, 2.24) is 8.87 Å². The molecule has 3 rings (SSSR count). The quantitative estimate of drug-likeness (QED) is 0.801. The normalized spacial score (nSPS) is 16.1. The summed E-state index contributed by atoms with van der Waals surface area (Å²) >= 11 is 0. The van der Waals surface area contributed by atoms with E-state index in [4.69, 9.17) is 4.42 Å². The van der Waals surface area contributed by atoms with Crippen molar-refractivity contribution in [3.63, 3.8) is 0 Å². The van der Waals surface area contributed by atoms with Crippen LogP contribution in [0.3, 0.4) is 0 Å². The fourth-order valence-corrected chi connectivity index (χ4v) is 2.81. The van der Waals surface area contributed by atoms with Crippen LogP contribution in [0.25, 0.3) is 11.1 Å². The summed E-state index contributed by atoms with van der Waals surface area (Å²) in [5, 5.41) is 0. The van der Waals surface area contributed by atoms with Crippen molar-refractivity contribution in [1.29, 1.82) is 0 Å². The fraction of sp³-hybridized carbons (Fsp3) is 0.300. The highest BCUT2D eigenvalue weighted by Crippen LogP contribution is 2.21. The maximum absolute atomic E-state index is 11.7. The summed E-state index contributed by atoms with van der Waals surface area (Å²) in [6.07, 6.45) is 0. The zero-order chi connectivity index (χ0) is 12.9. The molecule has 0 radical (unpaired) electrons. The first-order valence-corrected chi connectivity index (χ1v) is 6.79. The molecule has 0 saturated carbocycles. The first-order valence-electron chi connectivity index (χ1n) is 5.35. The second-order valence-electron chi connectivity index (χ2n) is 4.12. The van der Waals surface area contributed by atoms with Gasteiger partial charge in [0.05, 0.1) is 11.2 Å². The topological polar surface area (TPSA) is 84.3 Å². The second kappa shape index (κ2) is 3.59. The van der Waals surface area contributed by atoms with Gasteiger partial charge in [-0.1, -0.05) is 0 Å². The highest BCUT2D eigenvalue weighted by Gasteiger charge is 2.31. The van der Waals surface area contributed by atoms with E-state index >= 15 is 0 Å². The van der Waals surface area contributed by atoms with Crippen LogP contribution in [0.1, 0.15) is 0 Å². The molecule has 2 aromatic rings. The average Bonchev–Trinajstić information content (AvgIpc) is 3.08. The standard InChI is InChI=1S/C10H11N3O4S/c1-12-8-3-2-7(6-9(8)17-10(12)14)11-18(15,16)13-4-5-13/h2-3,6,11H,4-5H2,1H3. The third kappa shape index (κ3) is 1.79. The lowest BCUT2D eigenvalue weighted by atomic mass is 10.3. The van der Waals surface area contributed by atoms with Gasteiger partial charge in [0.1, 0.15) is 0 Å². The Morgan fingerprint density at radius 1 is 1.33 bits per heavy atom. The van der Waals surface area contributed by atoms with E-state index in [1.807, 2.05) is 0 Å². The minimum atomic E-state index is -3.46. The molecule has 1 aliphatic rings. The fourth-order valence-electron chi connectivity index (χ4n) is 1.69. The van der Waals surface area contributed by atoms with Crippen LogP contribution in [0.5, 0.6) is 0 Å². The number of rotatable bonds is 3. The Balaban J connectivity index is 2.01. The van der Waals surface area contributed by atoms with E-state index in [9.17, 15) is 13.2 Å². The van der Waals surface area contributed by atoms with Gasteiger partial charge in [-0.2, -0.15) is 12.7 Å². The molecule has 1 aromatic heterocycles. The molecule has 0 bridgehead atoms. The third-order valence-corrected chi connectivity index (χ3v) is 4.32. The summed E-state index contributed by atoms with van der Waals surface area (Å²) in [5.74, 6) is -0.476. The zero-order valence-corrected chi connectivity index (χ0v) is 10.4. The molecule has 8 heteroatoms. The molecular weight excluding hydrogens is 258 g/mol. The summed E-state index contributed by atoms with van der Waals surface area (Å²) in [4.78, 5) is 11.3. The second-order valence-corrected chi connectivity index (χ2v) is 5.79. The molecule has 1 N–H and O–H groups in total. The molecule has 2 heterocycles. The lowest BCUT2D eigenvalue weighted by molar-refractivity contribution is 0.528. The molecule has 1 saturated heterocycles. The number of nitrogens with zero attached hydrogens (tertiary/aromatic N) is 2. The van der Waals surface area contributed by atoms with Gasteiger partial charge in [0.25, 0.3) is 0 Å². The van der Waals surface area contributed by atoms with Gasteiger partial charge in [0.15, 0.2) is 5.58 Å². The highest BCUT2D eigenvalue weighted by molar-refractivity contribution is 7.90. The van der Waals surface area contributed by atoms with Gasteiger partial charge >= 0.3 is 16.0 Å². The van der Waals surface area contributed by atoms with Crippen LogP contribution in [0, 0.1) is 0 Å². The van der Waals surface area contributed by atoms with Gasteiger partial charge in [0, 0.05) is 26.2 Å². The zero-order valence-electron chi connectivity index (χ0n) is 9.58. The van der Waals surface area contributed by atoms with Crippen LogP contribution < -0.4 is 10.5 Å². The van der Waals surface area contributed by atoms with Gasteiger partial charge < -0.3 is 4.42 Å². The number of hydrogen-bond donors (Lipinski definition) is 1. The average molecular weight is 269 g/mol. The maximum atomic E-state index is 11.7. The summed E-state index contributed by atoms with van der Waals surface area (Å²) in [5.41, 5.74) is 1.35. The van der Waals surface area contributed by atoms with Gasteiger partial charge in [-0.15, -0.1) is 0 Å². The Morgan fingerprint density at radius 3 is 2.72 bits per heavy atom. The van der Waals surface area contributed by atoms with Crippen molar-refractivity contribution < 1.29 is 12.8 Å². The Labute approximate surface area is 103 Å². The number of hydrogen-bond acceptors (Lipinski definition) is 4. The number of oxazole rings is 1. The molecule has 18 heavy (non-hydrogen) atoms. The Hall–Kier alpha value is -1.80. The maximum Gasteiger partial charge on any atom is 0.419 e. The highest BCUT2D eigenvalue weighted by atomic mass is 32.2. The Bertz CT molecular complexity index is 770. The van der Waals surface area contributed by atoms with Crippen molar-refractivity contribution in [2.45, 2.75) is 0 Å². The molecule has 0 atom stereocenters. The van der Waals surface area contributed by atoms with Crippen molar-refractivity contribution in [2.24, 2.45) is 7.05 Å². The molecule has 0 amide bonds. The first-order chi connectivity index (χ1) is 8.47. The van der Waals surface area contributed by atoms with Gasteiger partial charge in [-0.25, -0.2) is 4.79 Å². The smallest absolute Gasteiger partial charge is 0.408 e. The number of fused-ring (bicyclic) bond motifs is 1. The number of benzene rings is 1. The molecule has 7 nitrogen and oxygen atoms in total. The van der Waals surface area contributed by atoms with E-state index < -0.39 is 16.0 Å². The van der Waals surface area contributed by atoms with E-state index in [0.717, 1.165) is 0 Å². The van der Waals surface area contributed by atoms with Crippen molar-refractivity contribution in [3.8, 4) is 0 Å². The van der Waals surface area contributed by atoms with Crippen LogP contribution in [0.15, 0.2) is 27.4 Å². The third-order valence-electron chi connectivity index (χ3n) is 2.79. The number of anilines is 1. The van der Waals surface area contributed by atoms with E-state index in [-0.39, 0.29) is 0 Å². The van der Waals surface area contributed by atoms with Crippen molar-refractivity contribution in [2.75, 3.05) is 17.8 Å². The summed E-state index contributed by atoms with van der Waals surface area (Å²) in [7, 11) is -1.86. The molecule has 0 aliphatic carbocycles. The van der Waals surface area contributed by atoms with E-state index in [1.165, 1.54) is 14.9 Å². The summed E-state index contributed by atoms with van der Waals surface area (Å²) in [6.45, 7) is 1.08. The van der Waals surface area contributed by atoms with E-state index in [0.29, 0.717) is 29.9 Å². The lowest BCUT2D eigenvalue weighted by Crippen LogP contribution is -2.20. The molecule has 1 aliphatic heterocycles. The van der Waals surface area contributed by atoms with Gasteiger partial charge in [0.2, 0.25) is 0 Å². The molecular formula is C10H11N3O4S. The predicted molar refractivity (Wildman–Crippen MR) is 65.6 cm³/mol. The van der Waals surface area contributed by atoms with Crippen LogP contribution in [0.4, 0.5) is 5.69 Å². The van der Waals surface area contributed by atoms with E-state index in [2.05, 4.69) is 4.72 Å². The van der Waals surface area contributed by atoms with Crippen LogP contribution in [-0.2, 0) is 17.3 Å². The number of nitrogens with one attached hydrogen (secondary N) is 1. The SMILES string of the molecule is Cn1c(=O)oc2cc(NS(=O)(=O)N3CC3)ccc21. The molecule has 0 unspecified atom stereocenters. The monoisotopic (exact) mass is 269 g/mol. The van der Waals surface area contributed by atoms with Crippen LogP contribution in [0.2, 0.25) is 0 Å².